The van der Waals surface area contributed by atoms with Gasteiger partial charge in [0.2, 0.25) is 5.95 Å². The highest BCUT2D eigenvalue weighted by atomic mass is 16.5. The minimum absolute atomic E-state index is 0.113. The number of aromatic nitrogens is 4. The number of fused-ring (bicyclic) bond motifs is 1. The molecule has 1 atom stereocenters. The molecule has 3 aromatic rings. The minimum atomic E-state index is -0.898. The summed E-state index contributed by atoms with van der Waals surface area (Å²) in [5, 5.41) is 6.81. The van der Waals surface area contributed by atoms with E-state index in [1.807, 2.05) is 32.0 Å². The Hall–Kier alpha value is -3.49. The summed E-state index contributed by atoms with van der Waals surface area (Å²) in [6.07, 6.45) is -0.376. The van der Waals surface area contributed by atoms with Crippen molar-refractivity contribution in [2.24, 2.45) is 0 Å². The van der Waals surface area contributed by atoms with Crippen molar-refractivity contribution in [3.63, 3.8) is 0 Å². The van der Waals surface area contributed by atoms with Crippen LogP contribution in [0.25, 0.3) is 5.78 Å². The van der Waals surface area contributed by atoms with E-state index < -0.39 is 12.1 Å². The summed E-state index contributed by atoms with van der Waals surface area (Å²) in [6.45, 7) is 5.25. The lowest BCUT2D eigenvalue weighted by Crippen LogP contribution is -2.30. The maximum Gasteiger partial charge on any atom is 0.306 e. The lowest BCUT2D eigenvalue weighted by atomic mass is 10.1. The van der Waals surface area contributed by atoms with Gasteiger partial charge in [-0.05, 0) is 44.9 Å². The summed E-state index contributed by atoms with van der Waals surface area (Å²) in [5.41, 5.74) is 8.71. The average Bonchev–Trinajstić information content (AvgIpc) is 3.02. The molecular formula is C19H22N6O3. The third kappa shape index (κ3) is 4.25. The van der Waals surface area contributed by atoms with E-state index in [1.165, 1.54) is 0 Å². The molecule has 28 heavy (non-hydrogen) atoms. The van der Waals surface area contributed by atoms with Gasteiger partial charge < -0.3 is 15.8 Å². The van der Waals surface area contributed by atoms with Gasteiger partial charge in [-0.1, -0.05) is 18.2 Å². The first-order valence-electron chi connectivity index (χ1n) is 8.89. The first kappa shape index (κ1) is 19.3. The molecule has 0 bridgehead atoms. The summed E-state index contributed by atoms with van der Waals surface area (Å²) >= 11 is 0. The summed E-state index contributed by atoms with van der Waals surface area (Å²) in [7, 11) is 0. The zero-order valence-electron chi connectivity index (χ0n) is 16.0. The van der Waals surface area contributed by atoms with Crippen LogP contribution in [0.5, 0.6) is 0 Å². The van der Waals surface area contributed by atoms with Crippen molar-refractivity contribution in [2.45, 2.75) is 39.7 Å². The molecule has 0 aliphatic heterocycles. The van der Waals surface area contributed by atoms with Crippen molar-refractivity contribution in [3.05, 3.63) is 47.3 Å². The predicted molar refractivity (Wildman–Crippen MR) is 104 cm³/mol. The maximum absolute atomic E-state index is 12.2. The number of rotatable bonds is 6. The number of hydrogen-bond donors (Lipinski definition) is 2. The number of para-hydroxylation sites is 1. The third-order valence-corrected chi connectivity index (χ3v) is 4.36. The molecule has 0 saturated carbocycles. The number of nitrogens with one attached hydrogen (secondary N) is 1. The van der Waals surface area contributed by atoms with Crippen LogP contribution in [0, 0.1) is 13.8 Å². The van der Waals surface area contributed by atoms with Crippen molar-refractivity contribution in [3.8, 4) is 0 Å². The standard InChI is InChI=1S/C19H22N6O3/c1-11-15(12(2)25-19(21-11)23-18(20)24-25)9-10-16(26)28-13(3)17(27)22-14-7-5-4-6-8-14/h4-8,13H,9-10H2,1-3H3,(H2,20,24)(H,22,27). The van der Waals surface area contributed by atoms with Gasteiger partial charge in [-0.25, -0.2) is 4.98 Å². The molecule has 1 amide bonds. The first-order chi connectivity index (χ1) is 13.3. The fraction of sp³-hybridized carbons (Fsp3) is 0.316. The summed E-state index contributed by atoms with van der Waals surface area (Å²) < 4.78 is 6.81. The van der Waals surface area contributed by atoms with E-state index in [4.69, 9.17) is 10.5 Å². The third-order valence-electron chi connectivity index (χ3n) is 4.36. The van der Waals surface area contributed by atoms with Crippen LogP contribution >= 0.6 is 0 Å². The van der Waals surface area contributed by atoms with E-state index in [1.54, 1.807) is 23.6 Å². The Bertz CT molecular complexity index is 1020. The largest absolute Gasteiger partial charge is 0.453 e. The fourth-order valence-electron chi connectivity index (χ4n) is 2.89. The van der Waals surface area contributed by atoms with E-state index in [0.717, 1.165) is 17.0 Å². The molecule has 2 aromatic heterocycles. The molecule has 146 valence electrons. The van der Waals surface area contributed by atoms with Crippen LogP contribution in [0.3, 0.4) is 0 Å². The fourth-order valence-corrected chi connectivity index (χ4v) is 2.89. The Morgan fingerprint density at radius 1 is 1.21 bits per heavy atom. The van der Waals surface area contributed by atoms with E-state index in [0.29, 0.717) is 17.9 Å². The summed E-state index contributed by atoms with van der Waals surface area (Å²) in [4.78, 5) is 32.8. The molecule has 0 aliphatic carbocycles. The number of carbonyl (C=O) groups is 2. The van der Waals surface area contributed by atoms with Gasteiger partial charge in [0, 0.05) is 23.5 Å². The Labute approximate surface area is 161 Å². The monoisotopic (exact) mass is 382 g/mol. The molecule has 3 rings (SSSR count). The van der Waals surface area contributed by atoms with Crippen LogP contribution in [-0.4, -0.2) is 37.6 Å². The molecular weight excluding hydrogens is 360 g/mol. The number of nitrogens with zero attached hydrogens (tertiary/aromatic N) is 4. The molecule has 0 radical (unpaired) electrons. The minimum Gasteiger partial charge on any atom is -0.453 e. The number of aryl methyl sites for hydroxylation is 2. The number of hydrogen-bond acceptors (Lipinski definition) is 7. The second-order valence-electron chi connectivity index (χ2n) is 6.43. The zero-order valence-corrected chi connectivity index (χ0v) is 16.0. The van der Waals surface area contributed by atoms with Gasteiger partial charge in [0.05, 0.1) is 0 Å². The second-order valence-corrected chi connectivity index (χ2v) is 6.43. The molecule has 1 aromatic carbocycles. The SMILES string of the molecule is Cc1nc2nc(N)nn2c(C)c1CCC(=O)OC(C)C(=O)Nc1ccccc1. The van der Waals surface area contributed by atoms with E-state index >= 15 is 0 Å². The molecule has 0 saturated heterocycles. The van der Waals surface area contributed by atoms with Gasteiger partial charge in [-0.15, -0.1) is 5.10 Å². The maximum atomic E-state index is 12.2. The molecule has 0 fully saturated rings. The number of nitrogens with two attached hydrogens (primary N) is 1. The van der Waals surface area contributed by atoms with Crippen molar-refractivity contribution in [1.82, 2.24) is 19.6 Å². The normalized spacial score (nSPS) is 12.0. The zero-order chi connectivity index (χ0) is 20.3. The Morgan fingerprint density at radius 3 is 2.64 bits per heavy atom. The van der Waals surface area contributed by atoms with Gasteiger partial charge in [-0.2, -0.15) is 9.50 Å². The Balaban J connectivity index is 1.59. The van der Waals surface area contributed by atoms with Crippen molar-refractivity contribution in [2.75, 3.05) is 11.1 Å². The van der Waals surface area contributed by atoms with Crippen LogP contribution in [0.15, 0.2) is 30.3 Å². The van der Waals surface area contributed by atoms with Crippen molar-refractivity contribution in [1.29, 1.82) is 0 Å². The molecule has 9 nitrogen and oxygen atoms in total. The number of esters is 1. The number of benzene rings is 1. The highest BCUT2D eigenvalue weighted by molar-refractivity contribution is 5.95. The van der Waals surface area contributed by atoms with Crippen molar-refractivity contribution < 1.29 is 14.3 Å². The molecule has 0 aliphatic rings. The highest BCUT2D eigenvalue weighted by Gasteiger charge is 2.19. The summed E-state index contributed by atoms with van der Waals surface area (Å²) in [6, 6.07) is 8.99. The van der Waals surface area contributed by atoms with Crippen LogP contribution in [0.1, 0.15) is 30.3 Å². The number of ether oxygens (including phenoxy) is 1. The first-order valence-corrected chi connectivity index (χ1v) is 8.89. The molecule has 2 heterocycles. The Kier molecular flexibility index (Phi) is 5.53. The summed E-state index contributed by atoms with van der Waals surface area (Å²) in [5.74, 6) is -0.282. The lowest BCUT2D eigenvalue weighted by Gasteiger charge is -2.14. The number of anilines is 2. The molecule has 0 spiro atoms. The lowest BCUT2D eigenvalue weighted by molar-refractivity contribution is -0.153. The van der Waals surface area contributed by atoms with E-state index in [9.17, 15) is 9.59 Å². The van der Waals surface area contributed by atoms with Gasteiger partial charge in [0.25, 0.3) is 11.7 Å². The van der Waals surface area contributed by atoms with Gasteiger partial charge in [-0.3, -0.25) is 9.59 Å². The second kappa shape index (κ2) is 8.03. The molecule has 9 heteroatoms. The van der Waals surface area contributed by atoms with E-state index in [-0.39, 0.29) is 18.3 Å². The van der Waals surface area contributed by atoms with Crippen LogP contribution in [-0.2, 0) is 20.7 Å². The number of nitrogen functional groups attached to an aromatic ring is 1. The van der Waals surface area contributed by atoms with Gasteiger partial charge >= 0.3 is 5.97 Å². The number of amides is 1. The van der Waals surface area contributed by atoms with E-state index in [2.05, 4.69) is 20.4 Å². The topological polar surface area (TPSA) is 124 Å². The Morgan fingerprint density at radius 2 is 1.93 bits per heavy atom. The van der Waals surface area contributed by atoms with Gasteiger partial charge in [0.15, 0.2) is 6.10 Å². The highest BCUT2D eigenvalue weighted by Crippen LogP contribution is 2.16. The quantitative estimate of drug-likeness (QED) is 0.623. The number of carbonyl (C=O) groups excluding carboxylic acids is 2. The molecule has 1 unspecified atom stereocenters. The average molecular weight is 382 g/mol. The van der Waals surface area contributed by atoms with Crippen LogP contribution < -0.4 is 11.1 Å². The van der Waals surface area contributed by atoms with Gasteiger partial charge in [0.1, 0.15) is 0 Å². The molecule has 3 N–H and O–H groups in total. The smallest absolute Gasteiger partial charge is 0.306 e. The van der Waals surface area contributed by atoms with Crippen molar-refractivity contribution >= 4 is 29.3 Å². The predicted octanol–water partition coefficient (Wildman–Crippen LogP) is 1.83. The van der Waals surface area contributed by atoms with Crippen LogP contribution in [0.4, 0.5) is 11.6 Å². The van der Waals surface area contributed by atoms with Crippen LogP contribution in [0.2, 0.25) is 0 Å².